The Kier molecular flexibility index (Phi) is 6.32. The predicted octanol–water partition coefficient (Wildman–Crippen LogP) is 2.93. The van der Waals surface area contributed by atoms with Crippen LogP contribution < -0.4 is 5.14 Å². The Labute approximate surface area is 194 Å². The molecule has 1 saturated heterocycles. The zero-order chi connectivity index (χ0) is 23.8. The number of hydrogen-bond donors (Lipinski definition) is 1. The number of benzene rings is 1. The Balaban J connectivity index is 1.75. The second kappa shape index (κ2) is 9.04. The van der Waals surface area contributed by atoms with Crippen LogP contribution in [-0.2, 0) is 28.4 Å². The van der Waals surface area contributed by atoms with E-state index in [0.717, 1.165) is 31.6 Å². The predicted molar refractivity (Wildman–Crippen MR) is 126 cm³/mol. The highest BCUT2D eigenvalue weighted by molar-refractivity contribution is 7.89. The first-order chi connectivity index (χ1) is 15.7. The summed E-state index contributed by atoms with van der Waals surface area (Å²) in [6, 6.07) is 12.5. The summed E-state index contributed by atoms with van der Waals surface area (Å²) in [5, 5.41) is 15.3. The number of sulfonamides is 1. The number of hydrogen-bond acceptors (Lipinski definition) is 4. The van der Waals surface area contributed by atoms with Crippen LogP contribution in [-0.4, -0.2) is 41.4 Å². The second-order valence-corrected chi connectivity index (χ2v) is 10.4. The Morgan fingerprint density at radius 3 is 2.64 bits per heavy atom. The van der Waals surface area contributed by atoms with Crippen molar-refractivity contribution in [1.82, 2.24) is 14.0 Å². The van der Waals surface area contributed by atoms with Crippen molar-refractivity contribution in [3.63, 3.8) is 0 Å². The van der Waals surface area contributed by atoms with Gasteiger partial charge >= 0.3 is 0 Å². The van der Waals surface area contributed by atoms with Crippen molar-refractivity contribution in [2.45, 2.75) is 43.5 Å². The van der Waals surface area contributed by atoms with Gasteiger partial charge in [0.2, 0.25) is 15.9 Å². The van der Waals surface area contributed by atoms with E-state index < -0.39 is 15.9 Å². The van der Waals surface area contributed by atoms with E-state index in [1.54, 1.807) is 18.2 Å². The molecule has 9 heteroatoms. The van der Waals surface area contributed by atoms with E-state index in [0.29, 0.717) is 35.5 Å². The van der Waals surface area contributed by atoms with Crippen LogP contribution in [0.3, 0.4) is 0 Å². The molecule has 4 rings (SSSR count). The van der Waals surface area contributed by atoms with Crippen molar-refractivity contribution >= 4 is 26.8 Å². The quantitative estimate of drug-likeness (QED) is 0.600. The van der Waals surface area contributed by atoms with E-state index in [1.807, 2.05) is 39.4 Å². The maximum Gasteiger partial charge on any atom is 0.238 e. The van der Waals surface area contributed by atoms with Gasteiger partial charge in [-0.3, -0.25) is 4.79 Å². The Morgan fingerprint density at radius 1 is 1.24 bits per heavy atom. The van der Waals surface area contributed by atoms with Crippen LogP contribution >= 0.6 is 0 Å². The monoisotopic (exact) mass is 467 g/mol. The maximum absolute atomic E-state index is 13.7. The molecular formula is C24H29N5O3S. The molecule has 1 aliphatic rings. The van der Waals surface area contributed by atoms with Gasteiger partial charge in [-0.1, -0.05) is 13.0 Å². The fraction of sp³-hybridized carbons (Fsp3) is 0.417. The third kappa shape index (κ3) is 4.54. The van der Waals surface area contributed by atoms with Crippen LogP contribution in [0.1, 0.15) is 43.5 Å². The van der Waals surface area contributed by atoms with Crippen LogP contribution in [0.4, 0.5) is 0 Å². The fourth-order valence-electron chi connectivity index (χ4n) is 4.76. The lowest BCUT2D eigenvalue weighted by Gasteiger charge is -2.33. The summed E-state index contributed by atoms with van der Waals surface area (Å²) in [6.45, 7) is 4.14. The molecule has 8 nitrogen and oxygen atoms in total. The van der Waals surface area contributed by atoms with Gasteiger partial charge in [0.25, 0.3) is 0 Å². The zero-order valence-corrected chi connectivity index (χ0v) is 19.8. The molecule has 3 aromatic rings. The molecule has 33 heavy (non-hydrogen) atoms. The molecule has 3 heterocycles. The number of aryl methyl sites for hydroxylation is 2. The van der Waals surface area contributed by atoms with Gasteiger partial charge in [0.15, 0.2) is 0 Å². The minimum absolute atomic E-state index is 0.0376. The molecule has 1 aliphatic heterocycles. The molecule has 174 valence electrons. The van der Waals surface area contributed by atoms with E-state index in [2.05, 4.69) is 13.0 Å². The first-order valence-electron chi connectivity index (χ1n) is 11.2. The molecule has 1 atom stereocenters. The lowest BCUT2D eigenvalue weighted by atomic mass is 9.94. The number of nitrogens with two attached hydrogens (primary N) is 1. The molecule has 0 radical (unpaired) electrons. The van der Waals surface area contributed by atoms with E-state index in [-0.39, 0.29) is 10.8 Å². The normalized spacial score (nSPS) is 16.1. The third-order valence-electron chi connectivity index (χ3n) is 6.74. The van der Waals surface area contributed by atoms with Crippen LogP contribution in [0, 0.1) is 17.2 Å². The maximum atomic E-state index is 13.7. The van der Waals surface area contributed by atoms with Gasteiger partial charge in [-0.05, 0) is 55.5 Å². The molecular weight excluding hydrogens is 438 g/mol. The van der Waals surface area contributed by atoms with Gasteiger partial charge in [0, 0.05) is 49.5 Å². The number of nitriles is 1. The lowest BCUT2D eigenvalue weighted by molar-refractivity contribution is -0.134. The molecule has 1 unspecified atom stereocenters. The number of piperidine rings is 1. The summed E-state index contributed by atoms with van der Waals surface area (Å²) >= 11 is 0. The summed E-state index contributed by atoms with van der Waals surface area (Å²) in [7, 11) is -2.06. The summed E-state index contributed by atoms with van der Waals surface area (Å²) < 4.78 is 28.1. The van der Waals surface area contributed by atoms with Crippen molar-refractivity contribution in [3.05, 3.63) is 54.0 Å². The molecule has 1 aromatic carbocycles. The lowest BCUT2D eigenvalue weighted by Crippen LogP contribution is -2.41. The highest BCUT2D eigenvalue weighted by atomic mass is 32.2. The summed E-state index contributed by atoms with van der Waals surface area (Å²) in [5.74, 6) is 0.161. The minimum Gasteiger partial charge on any atom is -0.347 e. The molecule has 0 saturated carbocycles. The SMILES string of the molecule is CC1CCN(C(=O)C(CCn2cccc2C#N)c2cc3c(S(N)(=O)=O)cccc3n2C)CC1. The number of aromatic nitrogens is 2. The van der Waals surface area contributed by atoms with E-state index >= 15 is 0 Å². The van der Waals surface area contributed by atoms with Gasteiger partial charge in [-0.15, -0.1) is 0 Å². The number of rotatable bonds is 6. The molecule has 2 N–H and O–H groups in total. The number of carbonyl (C=O) groups is 1. The van der Waals surface area contributed by atoms with Crippen molar-refractivity contribution in [2.75, 3.05) is 13.1 Å². The van der Waals surface area contributed by atoms with Crippen molar-refractivity contribution in [2.24, 2.45) is 18.1 Å². The number of amides is 1. The summed E-state index contributed by atoms with van der Waals surface area (Å²) in [4.78, 5) is 15.7. The number of nitrogens with zero attached hydrogens (tertiary/aromatic N) is 4. The molecule has 1 fully saturated rings. The van der Waals surface area contributed by atoms with Gasteiger partial charge in [-0.25, -0.2) is 13.6 Å². The van der Waals surface area contributed by atoms with Gasteiger partial charge in [-0.2, -0.15) is 5.26 Å². The van der Waals surface area contributed by atoms with Crippen molar-refractivity contribution < 1.29 is 13.2 Å². The Morgan fingerprint density at radius 2 is 1.97 bits per heavy atom. The first-order valence-corrected chi connectivity index (χ1v) is 12.7. The molecule has 0 spiro atoms. The van der Waals surface area contributed by atoms with Gasteiger partial charge in [0.1, 0.15) is 11.8 Å². The largest absolute Gasteiger partial charge is 0.347 e. The van der Waals surface area contributed by atoms with E-state index in [9.17, 15) is 18.5 Å². The van der Waals surface area contributed by atoms with E-state index in [1.165, 1.54) is 6.07 Å². The summed E-state index contributed by atoms with van der Waals surface area (Å²) in [5.41, 5.74) is 2.00. The van der Waals surface area contributed by atoms with Crippen molar-refractivity contribution in [1.29, 1.82) is 5.26 Å². The molecule has 2 aromatic heterocycles. The van der Waals surface area contributed by atoms with Crippen LogP contribution in [0.2, 0.25) is 0 Å². The average Bonchev–Trinajstić information content (AvgIpc) is 3.38. The number of carbonyl (C=O) groups excluding carboxylic acids is 1. The zero-order valence-electron chi connectivity index (χ0n) is 18.9. The molecule has 1 amide bonds. The topological polar surface area (TPSA) is 114 Å². The van der Waals surface area contributed by atoms with Gasteiger partial charge in [0.05, 0.1) is 10.8 Å². The van der Waals surface area contributed by atoms with Crippen LogP contribution in [0.5, 0.6) is 0 Å². The van der Waals surface area contributed by atoms with Crippen molar-refractivity contribution in [3.8, 4) is 6.07 Å². The van der Waals surface area contributed by atoms with E-state index in [4.69, 9.17) is 5.14 Å². The first kappa shape index (κ1) is 23.1. The average molecular weight is 468 g/mol. The highest BCUT2D eigenvalue weighted by Gasteiger charge is 2.31. The number of fused-ring (bicyclic) bond motifs is 1. The Bertz CT molecular complexity index is 1320. The highest BCUT2D eigenvalue weighted by Crippen LogP contribution is 2.33. The molecule has 0 bridgehead atoms. The second-order valence-electron chi connectivity index (χ2n) is 8.91. The smallest absolute Gasteiger partial charge is 0.238 e. The standard InChI is InChI=1S/C24H29N5O3S/c1-17-8-12-29(13-9-17)24(30)19(10-14-28-11-4-5-18(28)16-25)22-15-20-21(27(22)2)6-3-7-23(20)33(26,31)32/h3-7,11,15,17,19H,8-10,12-14H2,1-2H3,(H2,26,31,32). The number of likely N-dealkylation sites (tertiary alicyclic amines) is 1. The van der Waals surface area contributed by atoms with Crippen LogP contribution in [0.25, 0.3) is 10.9 Å². The minimum atomic E-state index is -3.91. The molecule has 0 aliphatic carbocycles. The van der Waals surface area contributed by atoms with Gasteiger partial charge < -0.3 is 14.0 Å². The van der Waals surface area contributed by atoms with Crippen LogP contribution in [0.15, 0.2) is 47.5 Å². The Hall–Kier alpha value is -3.09. The summed E-state index contributed by atoms with van der Waals surface area (Å²) in [6.07, 6.45) is 4.27. The fourth-order valence-corrected chi connectivity index (χ4v) is 5.50. The third-order valence-corrected chi connectivity index (χ3v) is 7.71. The number of primary sulfonamides is 1.